The lowest BCUT2D eigenvalue weighted by molar-refractivity contribution is -0.151. The van der Waals surface area contributed by atoms with Gasteiger partial charge in [0.1, 0.15) is 16.7 Å². The van der Waals surface area contributed by atoms with Gasteiger partial charge >= 0.3 is 11.9 Å². The summed E-state index contributed by atoms with van der Waals surface area (Å²) in [4.78, 5) is 88.2. The largest absolute Gasteiger partial charge is 0.481 e. The lowest BCUT2D eigenvalue weighted by Crippen LogP contribution is -2.60. The Kier molecular flexibility index (Phi) is 19.8. The maximum Gasteiger partial charge on any atom is 0.306 e. The molecule has 4 amide bonds. The number of carbonyl (C=O) groups is 6. The molecule has 0 saturated carbocycles. The van der Waals surface area contributed by atoms with Crippen LogP contribution in [0.25, 0.3) is 0 Å². The zero-order chi connectivity index (χ0) is 42.9. The number of benzene rings is 1. The van der Waals surface area contributed by atoms with Crippen molar-refractivity contribution in [3.05, 3.63) is 52.0 Å². The summed E-state index contributed by atoms with van der Waals surface area (Å²) >= 11 is 1.13. The van der Waals surface area contributed by atoms with Gasteiger partial charge in [-0.25, -0.2) is 4.98 Å². The number of hydrogen-bond acceptors (Lipinski definition) is 10. The van der Waals surface area contributed by atoms with Gasteiger partial charge in [0.2, 0.25) is 17.7 Å². The number of likely N-dealkylation sites (tertiary alicyclic amines) is 1. The zero-order valence-corrected chi connectivity index (χ0v) is 36.4. The summed E-state index contributed by atoms with van der Waals surface area (Å²) in [6.07, 6.45) is 4.56. The molecule has 1 saturated heterocycles. The van der Waals surface area contributed by atoms with Gasteiger partial charge in [0.25, 0.3) is 5.91 Å². The SMILES string of the molecule is CCCCNC(=O)CN(C(=O)C(NC(=O)C1CCCCN1C)C(C)CC)C(CC(OC(C)=O)c1nc(C(=O)NC(Cc2ccccc2)CC(C)C(=O)O)cs1)C(C)C. The molecular weight excluding hydrogens is 761 g/mol. The first kappa shape index (κ1) is 48.0. The van der Waals surface area contributed by atoms with E-state index in [1.165, 1.54) is 11.8 Å². The Labute approximate surface area is 348 Å². The van der Waals surface area contributed by atoms with Crippen molar-refractivity contribution in [2.24, 2.45) is 17.8 Å². The van der Waals surface area contributed by atoms with E-state index in [4.69, 9.17) is 4.74 Å². The Bertz CT molecular complexity index is 1650. The molecule has 2 aromatic rings. The second kappa shape index (κ2) is 23.9. The summed E-state index contributed by atoms with van der Waals surface area (Å²) in [5.41, 5.74) is 1.02. The van der Waals surface area contributed by atoms with Gasteiger partial charge in [-0.3, -0.25) is 33.7 Å². The molecule has 58 heavy (non-hydrogen) atoms. The van der Waals surface area contributed by atoms with Crippen LogP contribution in [0.15, 0.2) is 35.7 Å². The number of likely N-dealkylation sites (N-methyl/N-ethyl adjacent to an activating group) is 1. The molecule has 4 N–H and O–H groups in total. The number of aromatic nitrogens is 1. The number of amides is 4. The Morgan fingerprint density at radius 3 is 2.33 bits per heavy atom. The number of nitrogens with zero attached hydrogens (tertiary/aromatic N) is 3. The van der Waals surface area contributed by atoms with Gasteiger partial charge in [0.05, 0.1) is 18.5 Å². The number of thiazole rings is 1. The van der Waals surface area contributed by atoms with Crippen LogP contribution in [0, 0.1) is 17.8 Å². The number of rotatable bonds is 23. The van der Waals surface area contributed by atoms with Gasteiger partial charge < -0.3 is 30.7 Å². The number of hydrogen-bond donors (Lipinski definition) is 4. The van der Waals surface area contributed by atoms with Crippen molar-refractivity contribution in [1.82, 2.24) is 30.7 Å². The van der Waals surface area contributed by atoms with E-state index in [-0.39, 0.29) is 54.8 Å². The standard InChI is InChI=1S/C43H66N6O8S/c1-9-11-20-44-37(51)25-49(42(54)38(28(5)10-2)47-40(53)34-19-15-16-21-48(34)8)35(27(3)4)24-36(57-30(7)50)41-46-33(26-58-41)39(52)45-32(22-29(6)43(55)56)23-31-17-13-12-14-18-31/h12-14,17-18,26-29,32,34-36,38H,9-11,15-16,19-25H2,1-8H3,(H,44,51)(H,45,52)(H,47,53)(H,55,56). The molecule has 0 spiro atoms. The van der Waals surface area contributed by atoms with E-state index >= 15 is 0 Å². The average molecular weight is 827 g/mol. The van der Waals surface area contributed by atoms with E-state index in [9.17, 15) is 33.9 Å². The first-order chi connectivity index (χ1) is 27.6. The third kappa shape index (κ3) is 14.8. The van der Waals surface area contributed by atoms with Crippen LogP contribution >= 0.6 is 11.3 Å². The fourth-order valence-corrected chi connectivity index (χ4v) is 8.13. The molecule has 0 radical (unpaired) electrons. The van der Waals surface area contributed by atoms with Crippen LogP contribution in [0.5, 0.6) is 0 Å². The minimum Gasteiger partial charge on any atom is -0.481 e. The minimum absolute atomic E-state index is 0.0685. The molecule has 14 nitrogen and oxygen atoms in total. The maximum absolute atomic E-state index is 14.8. The number of carboxylic acids is 1. The molecule has 322 valence electrons. The number of esters is 1. The highest BCUT2D eigenvalue weighted by atomic mass is 32.1. The molecule has 1 aromatic carbocycles. The summed E-state index contributed by atoms with van der Waals surface area (Å²) < 4.78 is 5.85. The molecule has 15 heteroatoms. The van der Waals surface area contributed by atoms with Crippen LogP contribution in [0.3, 0.4) is 0 Å². The van der Waals surface area contributed by atoms with Crippen LogP contribution < -0.4 is 16.0 Å². The van der Waals surface area contributed by atoms with Gasteiger partial charge in [-0.1, -0.05) is 91.1 Å². The first-order valence-corrected chi connectivity index (χ1v) is 21.7. The average Bonchev–Trinajstić information content (AvgIpc) is 3.68. The Balaban J connectivity index is 1.96. The number of piperidine rings is 1. The topological polar surface area (TPSA) is 187 Å². The van der Waals surface area contributed by atoms with Crippen LogP contribution in [0.1, 0.15) is 127 Å². The van der Waals surface area contributed by atoms with Crippen LogP contribution in [0.2, 0.25) is 0 Å². The van der Waals surface area contributed by atoms with E-state index < -0.39 is 53.9 Å². The van der Waals surface area contributed by atoms with Crippen molar-refractivity contribution in [2.45, 2.75) is 137 Å². The number of carbonyl (C=O) groups excluding carboxylic acids is 5. The third-order valence-electron chi connectivity index (χ3n) is 11.0. The summed E-state index contributed by atoms with van der Waals surface area (Å²) in [5, 5.41) is 20.5. The van der Waals surface area contributed by atoms with Crippen molar-refractivity contribution < 1.29 is 38.6 Å². The predicted octanol–water partition coefficient (Wildman–Crippen LogP) is 5.37. The molecule has 0 bridgehead atoms. The quantitative estimate of drug-likeness (QED) is 0.0838. The molecule has 0 aliphatic carbocycles. The van der Waals surface area contributed by atoms with Crippen LogP contribution in [-0.4, -0.2) is 106 Å². The third-order valence-corrected chi connectivity index (χ3v) is 11.9. The maximum atomic E-state index is 14.8. The summed E-state index contributed by atoms with van der Waals surface area (Å²) in [5.74, 6) is -4.20. The van der Waals surface area contributed by atoms with Crippen LogP contribution in [-0.2, 0) is 35.1 Å². The monoisotopic (exact) mass is 826 g/mol. The number of unbranched alkanes of at least 4 members (excludes halogenated alkanes) is 1. The second-order valence-corrected chi connectivity index (χ2v) is 17.0. The number of nitrogens with one attached hydrogen (secondary N) is 3. The number of ether oxygens (including phenoxy) is 1. The van der Waals surface area contributed by atoms with Gasteiger partial charge in [0.15, 0.2) is 6.10 Å². The van der Waals surface area contributed by atoms with Gasteiger partial charge in [0, 0.05) is 37.4 Å². The fourth-order valence-electron chi connectivity index (χ4n) is 7.29. The second-order valence-electron chi connectivity index (χ2n) is 16.1. The Morgan fingerprint density at radius 1 is 1.02 bits per heavy atom. The fraction of sp³-hybridized carbons (Fsp3) is 0.651. The Hall–Kier alpha value is -4.37. The molecule has 1 aliphatic heterocycles. The van der Waals surface area contributed by atoms with E-state index in [1.54, 1.807) is 12.3 Å². The highest BCUT2D eigenvalue weighted by molar-refractivity contribution is 7.09. The molecule has 7 atom stereocenters. The van der Waals surface area contributed by atoms with Crippen molar-refractivity contribution in [2.75, 3.05) is 26.7 Å². The smallest absolute Gasteiger partial charge is 0.306 e. The van der Waals surface area contributed by atoms with E-state index in [2.05, 4.69) is 20.9 Å². The van der Waals surface area contributed by atoms with Crippen molar-refractivity contribution >= 4 is 46.9 Å². The van der Waals surface area contributed by atoms with E-state index in [1.807, 2.05) is 76.9 Å². The van der Waals surface area contributed by atoms with Crippen molar-refractivity contribution in [1.29, 1.82) is 0 Å². The first-order valence-electron chi connectivity index (χ1n) is 20.8. The summed E-state index contributed by atoms with van der Waals surface area (Å²) in [6.45, 7) is 13.6. The molecule has 1 fully saturated rings. The highest BCUT2D eigenvalue weighted by Crippen LogP contribution is 2.32. The zero-order valence-electron chi connectivity index (χ0n) is 35.6. The molecular formula is C43H66N6O8S. The van der Waals surface area contributed by atoms with E-state index in [0.717, 1.165) is 49.1 Å². The molecule has 1 aromatic heterocycles. The van der Waals surface area contributed by atoms with E-state index in [0.29, 0.717) is 30.8 Å². The van der Waals surface area contributed by atoms with Crippen LogP contribution in [0.4, 0.5) is 0 Å². The summed E-state index contributed by atoms with van der Waals surface area (Å²) in [7, 11) is 1.91. The summed E-state index contributed by atoms with van der Waals surface area (Å²) in [6, 6.07) is 7.05. The van der Waals surface area contributed by atoms with Gasteiger partial charge in [-0.15, -0.1) is 11.3 Å². The highest BCUT2D eigenvalue weighted by Gasteiger charge is 2.39. The molecule has 3 rings (SSSR count). The number of aliphatic carboxylic acids is 1. The van der Waals surface area contributed by atoms with Crippen molar-refractivity contribution in [3.63, 3.8) is 0 Å². The lowest BCUT2D eigenvalue weighted by atomic mass is 9.92. The van der Waals surface area contributed by atoms with Gasteiger partial charge in [-0.05, 0) is 63.1 Å². The molecule has 7 unspecified atom stereocenters. The molecule has 1 aliphatic rings. The Morgan fingerprint density at radius 2 is 1.72 bits per heavy atom. The molecule has 2 heterocycles. The normalized spacial score (nSPS) is 17.6. The van der Waals surface area contributed by atoms with Crippen molar-refractivity contribution in [3.8, 4) is 0 Å². The minimum atomic E-state index is -0.977. The lowest BCUT2D eigenvalue weighted by Gasteiger charge is -2.39. The predicted molar refractivity (Wildman–Crippen MR) is 224 cm³/mol. The van der Waals surface area contributed by atoms with Gasteiger partial charge in [-0.2, -0.15) is 0 Å². The number of carboxylic acid groups (broad SMARTS) is 1.